The Kier molecular flexibility index (Phi) is 7.00. The normalized spacial score (nSPS) is 10.3. The molecular weight excluding hydrogens is 400 g/mol. The second kappa shape index (κ2) is 10.1. The van der Waals surface area contributed by atoms with Crippen LogP contribution in [0.2, 0.25) is 0 Å². The van der Waals surface area contributed by atoms with E-state index in [0.717, 1.165) is 0 Å². The molecule has 9 nitrogen and oxygen atoms in total. The Balaban J connectivity index is 1.73. The summed E-state index contributed by atoms with van der Waals surface area (Å²) in [4.78, 5) is 36.8. The molecule has 0 atom stereocenters. The van der Waals surface area contributed by atoms with E-state index in [4.69, 9.17) is 9.47 Å². The summed E-state index contributed by atoms with van der Waals surface area (Å²) < 4.78 is 11.4. The maximum absolute atomic E-state index is 12.5. The predicted molar refractivity (Wildman–Crippen MR) is 113 cm³/mol. The number of methoxy groups -OCH3 is 2. The first-order valence-electron chi connectivity index (χ1n) is 9.40. The largest absolute Gasteiger partial charge is 0.497 e. The van der Waals surface area contributed by atoms with Crippen LogP contribution >= 0.6 is 0 Å². The smallest absolute Gasteiger partial charge is 0.337 e. The second-order valence-electron chi connectivity index (χ2n) is 6.58. The van der Waals surface area contributed by atoms with Gasteiger partial charge in [0.25, 0.3) is 5.91 Å². The number of esters is 1. The summed E-state index contributed by atoms with van der Waals surface area (Å²) >= 11 is 0. The fourth-order valence-electron chi connectivity index (χ4n) is 2.89. The van der Waals surface area contributed by atoms with Crippen molar-refractivity contribution in [2.24, 2.45) is 0 Å². The quantitative estimate of drug-likeness (QED) is 0.539. The van der Waals surface area contributed by atoms with Crippen LogP contribution in [0, 0.1) is 0 Å². The topological polar surface area (TPSA) is 112 Å². The molecule has 0 spiro atoms. The molecule has 0 saturated heterocycles. The summed E-state index contributed by atoms with van der Waals surface area (Å²) in [5, 5.41) is 9.52. The zero-order valence-electron chi connectivity index (χ0n) is 17.1. The summed E-state index contributed by atoms with van der Waals surface area (Å²) in [6, 6.07) is 13.3. The minimum Gasteiger partial charge on any atom is -0.497 e. The van der Waals surface area contributed by atoms with E-state index in [1.54, 1.807) is 54.9 Å². The van der Waals surface area contributed by atoms with Gasteiger partial charge >= 0.3 is 5.97 Å². The number of benzene rings is 2. The van der Waals surface area contributed by atoms with Crippen LogP contribution in [-0.4, -0.2) is 41.8 Å². The minimum atomic E-state index is -0.552. The van der Waals surface area contributed by atoms with Crippen molar-refractivity contribution in [3.63, 3.8) is 0 Å². The Labute approximate surface area is 179 Å². The van der Waals surface area contributed by atoms with Gasteiger partial charge in [-0.1, -0.05) is 6.07 Å². The number of amides is 2. The van der Waals surface area contributed by atoms with Gasteiger partial charge in [0.15, 0.2) is 0 Å². The number of carbonyl (C=O) groups excluding carboxylic acids is 3. The molecule has 0 aliphatic heterocycles. The molecule has 0 aliphatic rings. The van der Waals surface area contributed by atoms with Gasteiger partial charge in [0.2, 0.25) is 5.91 Å². The molecule has 2 amide bonds. The number of rotatable bonds is 8. The maximum Gasteiger partial charge on any atom is 0.337 e. The first-order chi connectivity index (χ1) is 15.0. The maximum atomic E-state index is 12.5. The Morgan fingerprint density at radius 2 is 1.87 bits per heavy atom. The first-order valence-corrected chi connectivity index (χ1v) is 9.40. The standard InChI is InChI=1S/C22H22N4O5/c1-30-19-6-3-5-16(12-19)21(28)23-13-15-9-17(22(29)31-2)11-18(10-15)25-20(27)14-26-8-4-7-24-26/h3-12H,13-14H2,1-2H3,(H,23,28)(H,25,27). The summed E-state index contributed by atoms with van der Waals surface area (Å²) in [5.74, 6) is -0.588. The van der Waals surface area contributed by atoms with E-state index >= 15 is 0 Å². The van der Waals surface area contributed by atoms with Crippen molar-refractivity contribution in [2.45, 2.75) is 13.1 Å². The summed E-state index contributed by atoms with van der Waals surface area (Å²) in [6.07, 6.45) is 3.25. The van der Waals surface area contributed by atoms with E-state index in [9.17, 15) is 14.4 Å². The lowest BCUT2D eigenvalue weighted by atomic mass is 10.1. The molecule has 0 radical (unpaired) electrons. The highest BCUT2D eigenvalue weighted by Crippen LogP contribution is 2.17. The van der Waals surface area contributed by atoms with Crippen LogP contribution in [0.5, 0.6) is 5.75 Å². The van der Waals surface area contributed by atoms with Crippen molar-refractivity contribution in [1.29, 1.82) is 0 Å². The zero-order chi connectivity index (χ0) is 22.2. The van der Waals surface area contributed by atoms with E-state index < -0.39 is 5.97 Å². The summed E-state index contributed by atoms with van der Waals surface area (Å²) in [6.45, 7) is 0.167. The van der Waals surface area contributed by atoms with E-state index in [-0.39, 0.29) is 30.5 Å². The van der Waals surface area contributed by atoms with Gasteiger partial charge in [0.05, 0.1) is 19.8 Å². The van der Waals surface area contributed by atoms with Gasteiger partial charge in [-0.25, -0.2) is 4.79 Å². The van der Waals surface area contributed by atoms with Gasteiger partial charge in [0, 0.05) is 30.2 Å². The van der Waals surface area contributed by atoms with Crippen LogP contribution in [0.4, 0.5) is 5.69 Å². The van der Waals surface area contributed by atoms with Crippen molar-refractivity contribution in [2.75, 3.05) is 19.5 Å². The molecule has 0 unspecified atom stereocenters. The Hall–Kier alpha value is -4.14. The molecule has 3 aromatic rings. The molecule has 9 heteroatoms. The molecule has 1 aromatic heterocycles. The molecule has 3 rings (SSSR count). The van der Waals surface area contributed by atoms with Gasteiger partial charge in [-0.2, -0.15) is 5.10 Å². The van der Waals surface area contributed by atoms with Crippen molar-refractivity contribution in [3.05, 3.63) is 77.6 Å². The van der Waals surface area contributed by atoms with Gasteiger partial charge in [-0.05, 0) is 48.0 Å². The van der Waals surface area contributed by atoms with Crippen molar-refractivity contribution < 1.29 is 23.9 Å². The van der Waals surface area contributed by atoms with Crippen molar-refractivity contribution in [1.82, 2.24) is 15.1 Å². The van der Waals surface area contributed by atoms with E-state index in [2.05, 4.69) is 15.7 Å². The fourth-order valence-corrected chi connectivity index (χ4v) is 2.89. The van der Waals surface area contributed by atoms with Crippen LogP contribution in [0.15, 0.2) is 60.9 Å². The highest BCUT2D eigenvalue weighted by molar-refractivity contribution is 5.96. The number of aromatic nitrogens is 2. The third kappa shape index (κ3) is 5.92. The van der Waals surface area contributed by atoms with Crippen LogP contribution in [0.1, 0.15) is 26.3 Å². The van der Waals surface area contributed by atoms with E-state index in [1.807, 2.05) is 0 Å². The molecule has 0 aliphatic carbocycles. The SMILES string of the molecule is COC(=O)c1cc(CNC(=O)c2cccc(OC)c2)cc(NC(=O)Cn2cccn2)c1. The third-order valence-corrected chi connectivity index (χ3v) is 4.35. The Bertz CT molecular complexity index is 1080. The average Bonchev–Trinajstić information content (AvgIpc) is 3.29. The van der Waals surface area contributed by atoms with E-state index in [1.165, 1.54) is 25.0 Å². The number of nitrogens with one attached hydrogen (secondary N) is 2. The van der Waals surface area contributed by atoms with Gasteiger partial charge in [-0.3, -0.25) is 14.3 Å². The highest BCUT2D eigenvalue weighted by atomic mass is 16.5. The first kappa shape index (κ1) is 21.6. The molecule has 0 saturated carbocycles. The predicted octanol–water partition coefficient (Wildman–Crippen LogP) is 2.25. The van der Waals surface area contributed by atoms with E-state index in [0.29, 0.717) is 22.6 Å². The minimum absolute atomic E-state index is 0.0252. The molecule has 2 N–H and O–H groups in total. The zero-order valence-corrected chi connectivity index (χ0v) is 17.1. The second-order valence-corrected chi connectivity index (χ2v) is 6.58. The lowest BCUT2D eigenvalue weighted by molar-refractivity contribution is -0.116. The summed E-state index contributed by atoms with van der Waals surface area (Å²) in [5.41, 5.74) is 1.72. The number of carbonyl (C=O) groups is 3. The van der Waals surface area contributed by atoms with Gasteiger partial charge in [-0.15, -0.1) is 0 Å². The molecule has 160 valence electrons. The number of nitrogens with zero attached hydrogens (tertiary/aromatic N) is 2. The molecule has 1 heterocycles. The molecule has 0 bridgehead atoms. The highest BCUT2D eigenvalue weighted by Gasteiger charge is 2.13. The number of hydrogen-bond donors (Lipinski definition) is 2. The average molecular weight is 422 g/mol. The molecule has 0 fully saturated rings. The van der Waals surface area contributed by atoms with Crippen molar-refractivity contribution >= 4 is 23.5 Å². The molecular formula is C22H22N4O5. The van der Waals surface area contributed by atoms with Crippen LogP contribution in [-0.2, 0) is 22.6 Å². The van der Waals surface area contributed by atoms with Gasteiger partial charge < -0.3 is 20.1 Å². The lowest BCUT2D eigenvalue weighted by Crippen LogP contribution is -2.23. The Morgan fingerprint density at radius 1 is 1.03 bits per heavy atom. The molecule has 31 heavy (non-hydrogen) atoms. The van der Waals surface area contributed by atoms with Crippen molar-refractivity contribution in [3.8, 4) is 5.75 Å². The molecule has 2 aromatic carbocycles. The number of hydrogen-bond acceptors (Lipinski definition) is 6. The van der Waals surface area contributed by atoms with Crippen LogP contribution in [0.25, 0.3) is 0 Å². The lowest BCUT2D eigenvalue weighted by Gasteiger charge is -2.12. The Morgan fingerprint density at radius 3 is 2.58 bits per heavy atom. The van der Waals surface area contributed by atoms with Gasteiger partial charge in [0.1, 0.15) is 12.3 Å². The van der Waals surface area contributed by atoms with Crippen LogP contribution < -0.4 is 15.4 Å². The fraction of sp³-hybridized carbons (Fsp3) is 0.182. The van der Waals surface area contributed by atoms with Crippen LogP contribution in [0.3, 0.4) is 0 Å². The third-order valence-electron chi connectivity index (χ3n) is 4.35. The summed E-state index contributed by atoms with van der Waals surface area (Å²) in [7, 11) is 2.80. The number of anilines is 1. The monoisotopic (exact) mass is 422 g/mol. The number of ether oxygens (including phenoxy) is 2.